The minimum atomic E-state index is -4.63. The third-order valence-corrected chi connectivity index (χ3v) is 6.43. The van der Waals surface area contributed by atoms with E-state index in [1.165, 1.54) is 6.92 Å². The monoisotopic (exact) mass is 519 g/mol. The molecule has 3 amide bonds. The lowest BCUT2D eigenvalue weighted by Crippen LogP contribution is -2.59. The van der Waals surface area contributed by atoms with E-state index in [-0.39, 0.29) is 55.9 Å². The third kappa shape index (κ3) is 6.56. The molecule has 2 aromatic rings. The van der Waals surface area contributed by atoms with Crippen LogP contribution in [-0.4, -0.2) is 89.3 Å². The van der Waals surface area contributed by atoms with Crippen molar-refractivity contribution in [1.82, 2.24) is 25.0 Å². The summed E-state index contributed by atoms with van der Waals surface area (Å²) in [5, 5.41) is 2.65. The van der Waals surface area contributed by atoms with Crippen LogP contribution in [0.5, 0.6) is 5.75 Å². The van der Waals surface area contributed by atoms with Gasteiger partial charge in [-0.05, 0) is 29.8 Å². The summed E-state index contributed by atoms with van der Waals surface area (Å²) in [6.07, 6.45) is -1.31. The summed E-state index contributed by atoms with van der Waals surface area (Å²) in [6, 6.07) is 5.85. The van der Waals surface area contributed by atoms with Gasteiger partial charge in [0.1, 0.15) is 12.4 Å². The summed E-state index contributed by atoms with van der Waals surface area (Å²) in [7, 11) is 0. The average Bonchev–Trinajstić information content (AvgIpc) is 2.87. The first kappa shape index (κ1) is 26.4. The molecule has 0 bridgehead atoms. The van der Waals surface area contributed by atoms with Crippen molar-refractivity contribution < 1.29 is 32.3 Å². The molecule has 0 saturated carbocycles. The van der Waals surface area contributed by atoms with Gasteiger partial charge in [0, 0.05) is 58.6 Å². The summed E-state index contributed by atoms with van der Waals surface area (Å²) in [4.78, 5) is 47.5. The van der Waals surface area contributed by atoms with E-state index in [0.717, 1.165) is 23.8 Å². The van der Waals surface area contributed by atoms with E-state index in [4.69, 9.17) is 4.74 Å². The smallest absolute Gasteiger partial charge is 0.416 e. The quantitative estimate of drug-likeness (QED) is 0.650. The minimum absolute atomic E-state index is 0.0238. The Morgan fingerprint density at radius 2 is 2.00 bits per heavy atom. The number of carbonyl (C=O) groups excluding carboxylic acids is 3. The number of fused-ring (bicyclic) bond motifs is 2. The highest BCUT2D eigenvalue weighted by atomic mass is 19.4. The van der Waals surface area contributed by atoms with Crippen LogP contribution in [0.25, 0.3) is 0 Å². The summed E-state index contributed by atoms with van der Waals surface area (Å²) < 4.78 is 45.9. The Labute approximate surface area is 212 Å². The Kier molecular flexibility index (Phi) is 7.96. The molecule has 0 radical (unpaired) electrons. The number of hydrogen-bond acceptors (Lipinski definition) is 6. The normalized spacial score (nSPS) is 19.9. The number of aromatic nitrogens is 1. The molecule has 12 heteroatoms. The highest BCUT2D eigenvalue weighted by Gasteiger charge is 2.35. The number of nitrogens with one attached hydrogen (secondary N) is 1. The molecule has 37 heavy (non-hydrogen) atoms. The zero-order valence-electron chi connectivity index (χ0n) is 20.3. The van der Waals surface area contributed by atoms with E-state index < -0.39 is 23.7 Å². The topological polar surface area (TPSA) is 95.1 Å². The Morgan fingerprint density at radius 3 is 2.70 bits per heavy atom. The number of carbonyl (C=O) groups is 3. The van der Waals surface area contributed by atoms with Crippen LogP contribution in [0, 0.1) is 0 Å². The van der Waals surface area contributed by atoms with Gasteiger partial charge in [-0.1, -0.05) is 6.07 Å². The molecule has 0 unspecified atom stereocenters. The second-order valence-electron chi connectivity index (χ2n) is 9.05. The Balaban J connectivity index is 1.65. The molecule has 1 saturated heterocycles. The lowest BCUT2D eigenvalue weighted by Gasteiger charge is -2.41. The van der Waals surface area contributed by atoms with E-state index in [1.807, 2.05) is 11.0 Å². The van der Waals surface area contributed by atoms with Gasteiger partial charge in [-0.15, -0.1) is 0 Å². The fourth-order valence-electron chi connectivity index (χ4n) is 4.48. The van der Waals surface area contributed by atoms with Crippen molar-refractivity contribution in [2.75, 3.05) is 45.9 Å². The highest BCUT2D eigenvalue weighted by Crippen LogP contribution is 2.33. The molecule has 1 N–H and O–H groups in total. The first-order valence-corrected chi connectivity index (χ1v) is 11.9. The van der Waals surface area contributed by atoms with Gasteiger partial charge in [0.2, 0.25) is 11.8 Å². The van der Waals surface area contributed by atoms with E-state index in [1.54, 1.807) is 28.3 Å². The van der Waals surface area contributed by atoms with Crippen LogP contribution in [0.4, 0.5) is 13.2 Å². The molecule has 2 aliphatic rings. The molecule has 0 aliphatic carbocycles. The predicted octanol–water partition coefficient (Wildman–Crippen LogP) is 1.78. The minimum Gasteiger partial charge on any atom is -0.491 e. The Hall–Kier alpha value is -3.67. The van der Waals surface area contributed by atoms with Gasteiger partial charge in [0.05, 0.1) is 23.7 Å². The summed E-state index contributed by atoms with van der Waals surface area (Å²) >= 11 is 0. The maximum Gasteiger partial charge on any atom is 0.416 e. The third-order valence-electron chi connectivity index (χ3n) is 6.43. The number of rotatable bonds is 2. The summed E-state index contributed by atoms with van der Waals surface area (Å²) in [5.41, 5.74) is -0.345. The first-order chi connectivity index (χ1) is 17.6. The fraction of sp³-hybridized carbons (Fsp3) is 0.440. The van der Waals surface area contributed by atoms with Crippen LogP contribution in [0.3, 0.4) is 0 Å². The predicted molar refractivity (Wildman–Crippen MR) is 127 cm³/mol. The van der Waals surface area contributed by atoms with Crippen molar-refractivity contribution in [1.29, 1.82) is 0 Å². The first-order valence-electron chi connectivity index (χ1n) is 11.9. The number of pyridine rings is 1. The van der Waals surface area contributed by atoms with Gasteiger partial charge < -0.3 is 19.9 Å². The van der Waals surface area contributed by atoms with E-state index in [9.17, 15) is 27.6 Å². The van der Waals surface area contributed by atoms with Crippen LogP contribution < -0.4 is 10.1 Å². The summed E-state index contributed by atoms with van der Waals surface area (Å²) in [6.45, 7) is 3.03. The second kappa shape index (κ2) is 11.2. The largest absolute Gasteiger partial charge is 0.491 e. The van der Waals surface area contributed by atoms with Crippen LogP contribution in [0.15, 0.2) is 42.7 Å². The molecule has 1 fully saturated rings. The van der Waals surface area contributed by atoms with Gasteiger partial charge in [-0.3, -0.25) is 24.3 Å². The second-order valence-corrected chi connectivity index (χ2v) is 9.05. The average molecular weight is 520 g/mol. The fourth-order valence-corrected chi connectivity index (χ4v) is 4.48. The molecule has 0 spiro atoms. The number of alkyl halides is 3. The molecule has 9 nitrogen and oxygen atoms in total. The van der Waals surface area contributed by atoms with Crippen LogP contribution in [0.2, 0.25) is 0 Å². The number of halogens is 3. The summed E-state index contributed by atoms with van der Waals surface area (Å²) in [5.74, 6) is -1.05. The van der Waals surface area contributed by atoms with Crippen LogP contribution in [0.1, 0.15) is 28.4 Å². The molecule has 1 aromatic carbocycles. The number of nitrogens with zero attached hydrogens (tertiary/aromatic N) is 4. The molecule has 4 rings (SSSR count). The Morgan fingerprint density at radius 1 is 1.19 bits per heavy atom. The van der Waals surface area contributed by atoms with Gasteiger partial charge in [-0.25, -0.2) is 0 Å². The molecular formula is C25H28F3N5O4. The van der Waals surface area contributed by atoms with Crippen molar-refractivity contribution in [3.8, 4) is 5.75 Å². The van der Waals surface area contributed by atoms with E-state index in [0.29, 0.717) is 19.6 Å². The zero-order chi connectivity index (χ0) is 26.6. The Bertz CT molecular complexity index is 1140. The van der Waals surface area contributed by atoms with Crippen molar-refractivity contribution in [3.63, 3.8) is 0 Å². The lowest BCUT2D eigenvalue weighted by molar-refractivity contribution is -0.143. The van der Waals surface area contributed by atoms with Gasteiger partial charge in [-0.2, -0.15) is 13.2 Å². The molecule has 2 aliphatic heterocycles. The molecule has 3 heterocycles. The number of ether oxygens (including phenoxy) is 1. The van der Waals surface area contributed by atoms with Crippen molar-refractivity contribution in [3.05, 3.63) is 59.4 Å². The lowest BCUT2D eigenvalue weighted by atomic mass is 10.1. The molecule has 1 aromatic heterocycles. The number of benzene rings is 1. The number of hydrogen-bond donors (Lipinski definition) is 1. The van der Waals surface area contributed by atoms with E-state index in [2.05, 4.69) is 10.3 Å². The molecule has 198 valence electrons. The standard InChI is InChI=1S/C25H28F3N5O4/c1-17(34)32-9-10-33-20(14-32)16-37-22-5-4-19(25(26,27)28)11-21(22)24(36)30-7-8-31(15-23(33)35)13-18-3-2-6-29-12-18/h2-6,11-12,20H,7-10,13-16H2,1H3,(H,30,36)/t20-/m0/s1. The van der Waals surface area contributed by atoms with Crippen molar-refractivity contribution in [2.24, 2.45) is 0 Å². The maximum atomic E-state index is 13.4. The van der Waals surface area contributed by atoms with Crippen molar-refractivity contribution >= 4 is 17.7 Å². The maximum absolute atomic E-state index is 13.4. The van der Waals surface area contributed by atoms with E-state index >= 15 is 0 Å². The highest BCUT2D eigenvalue weighted by molar-refractivity contribution is 5.97. The van der Waals surface area contributed by atoms with Crippen LogP contribution >= 0.6 is 0 Å². The SMILES string of the molecule is CC(=O)N1CCN2C(=O)CN(Cc3cccnc3)CCNC(=O)c3cc(C(F)(F)F)ccc3OC[C@@H]2C1. The van der Waals surface area contributed by atoms with Gasteiger partial charge in [0.25, 0.3) is 5.91 Å². The zero-order valence-corrected chi connectivity index (χ0v) is 20.3. The van der Waals surface area contributed by atoms with Gasteiger partial charge in [0.15, 0.2) is 0 Å². The van der Waals surface area contributed by atoms with Crippen molar-refractivity contribution in [2.45, 2.75) is 25.7 Å². The van der Waals surface area contributed by atoms with Crippen LogP contribution in [-0.2, 0) is 22.3 Å². The number of amides is 3. The number of piperazine rings is 1. The van der Waals surface area contributed by atoms with Gasteiger partial charge >= 0.3 is 6.18 Å². The molecule has 1 atom stereocenters. The molecular weight excluding hydrogens is 491 g/mol.